The lowest BCUT2D eigenvalue weighted by atomic mass is 10.4. The summed E-state index contributed by atoms with van der Waals surface area (Å²) in [6.07, 6.45) is 1.07. The fourth-order valence-corrected chi connectivity index (χ4v) is 2.20. The van der Waals surface area contributed by atoms with E-state index in [9.17, 15) is 8.42 Å². The number of hydrogen-bond donors (Lipinski definition) is 2. The fraction of sp³-hybridized carbons (Fsp3) is 0.429. The Balaban J connectivity index is 3.48. The molecule has 0 saturated carbocycles. The lowest BCUT2D eigenvalue weighted by Crippen LogP contribution is -2.13. The summed E-state index contributed by atoms with van der Waals surface area (Å²) in [4.78, 5) is 7.69. The molecule has 0 unspecified atom stereocenters. The molecule has 0 aliphatic heterocycles. The molecule has 6 nitrogen and oxygen atoms in total. The van der Waals surface area contributed by atoms with Gasteiger partial charge in [-0.25, -0.2) is 18.4 Å². The van der Waals surface area contributed by atoms with E-state index in [4.69, 9.17) is 11.5 Å². The molecule has 0 aliphatic rings. The van der Waals surface area contributed by atoms with Crippen LogP contribution in [0.15, 0.2) is 4.90 Å². The molecule has 1 rings (SSSR count). The number of nitrogens with zero attached hydrogens (tertiary/aromatic N) is 2. The zero-order chi connectivity index (χ0) is 10.9. The van der Waals surface area contributed by atoms with Crippen LogP contribution < -0.4 is 11.5 Å². The molecule has 0 fully saturated rings. The minimum Gasteiger partial charge on any atom is -0.382 e. The van der Waals surface area contributed by atoms with Gasteiger partial charge < -0.3 is 11.5 Å². The molecule has 1 aromatic rings. The molecule has 0 bridgehead atoms. The molecule has 1 aromatic heterocycles. The Bertz CT molecular complexity index is 432. The summed E-state index contributed by atoms with van der Waals surface area (Å²) in [7, 11) is -3.38. The van der Waals surface area contributed by atoms with Gasteiger partial charge in [-0.15, -0.1) is 0 Å². The molecule has 1 heterocycles. The minimum absolute atomic E-state index is 0.0188. The highest BCUT2D eigenvalue weighted by molar-refractivity contribution is 7.90. The van der Waals surface area contributed by atoms with Crippen LogP contribution in [0.4, 0.5) is 5.82 Å². The van der Waals surface area contributed by atoms with Crippen LogP contribution in [0.1, 0.15) is 11.5 Å². The van der Waals surface area contributed by atoms with Crippen molar-refractivity contribution in [3.05, 3.63) is 11.5 Å². The first-order chi connectivity index (χ1) is 6.36. The quantitative estimate of drug-likeness (QED) is 0.671. The number of aryl methyl sites for hydroxylation is 1. The van der Waals surface area contributed by atoms with Crippen LogP contribution in [0.5, 0.6) is 0 Å². The van der Waals surface area contributed by atoms with Crippen LogP contribution in [0, 0.1) is 6.92 Å². The second-order valence-electron chi connectivity index (χ2n) is 2.92. The Labute approximate surface area is 82.3 Å². The summed E-state index contributed by atoms with van der Waals surface area (Å²) in [5.41, 5.74) is 11.1. The average molecular weight is 216 g/mol. The molecule has 78 valence electrons. The van der Waals surface area contributed by atoms with Gasteiger partial charge in [0.1, 0.15) is 16.5 Å². The van der Waals surface area contributed by atoms with Gasteiger partial charge >= 0.3 is 0 Å². The van der Waals surface area contributed by atoms with Gasteiger partial charge in [0, 0.05) is 6.26 Å². The van der Waals surface area contributed by atoms with Gasteiger partial charge in [-0.3, -0.25) is 0 Å². The van der Waals surface area contributed by atoms with E-state index in [2.05, 4.69) is 9.97 Å². The fourth-order valence-electron chi connectivity index (χ4n) is 1.19. The third kappa shape index (κ3) is 1.99. The third-order valence-corrected chi connectivity index (χ3v) is 2.91. The van der Waals surface area contributed by atoms with E-state index in [1.165, 1.54) is 0 Å². The highest BCUT2D eigenvalue weighted by Gasteiger charge is 2.17. The Morgan fingerprint density at radius 1 is 1.36 bits per heavy atom. The first-order valence-corrected chi connectivity index (χ1v) is 5.78. The molecule has 0 saturated heterocycles. The van der Waals surface area contributed by atoms with Gasteiger partial charge in [-0.1, -0.05) is 0 Å². The molecule has 0 spiro atoms. The second-order valence-corrected chi connectivity index (χ2v) is 4.87. The van der Waals surface area contributed by atoms with Gasteiger partial charge in [-0.2, -0.15) is 0 Å². The number of sulfone groups is 1. The molecule has 0 amide bonds. The number of anilines is 1. The largest absolute Gasteiger partial charge is 0.382 e. The van der Waals surface area contributed by atoms with Crippen LogP contribution in [0.3, 0.4) is 0 Å². The lowest BCUT2D eigenvalue weighted by Gasteiger charge is -2.07. The van der Waals surface area contributed by atoms with Crippen molar-refractivity contribution in [1.29, 1.82) is 0 Å². The summed E-state index contributed by atoms with van der Waals surface area (Å²) in [5, 5.41) is 0. The SMILES string of the molecule is Cc1nc(CN)nc(N)c1S(C)(=O)=O. The van der Waals surface area contributed by atoms with Crippen LogP contribution >= 0.6 is 0 Å². The number of nitrogens with two attached hydrogens (primary N) is 2. The normalized spacial score (nSPS) is 11.6. The van der Waals surface area contributed by atoms with E-state index in [0.717, 1.165) is 6.26 Å². The van der Waals surface area contributed by atoms with Crippen molar-refractivity contribution in [2.45, 2.75) is 18.4 Å². The van der Waals surface area contributed by atoms with Crippen molar-refractivity contribution in [3.63, 3.8) is 0 Å². The molecule has 0 aliphatic carbocycles. The Hall–Kier alpha value is -1.21. The Kier molecular flexibility index (Phi) is 2.72. The molecule has 0 radical (unpaired) electrons. The molecule has 7 heteroatoms. The van der Waals surface area contributed by atoms with Crippen LogP contribution in [-0.2, 0) is 16.4 Å². The van der Waals surface area contributed by atoms with Crippen LogP contribution in [-0.4, -0.2) is 24.6 Å². The number of nitrogen functional groups attached to an aromatic ring is 1. The maximum atomic E-state index is 11.3. The Morgan fingerprint density at radius 2 is 1.93 bits per heavy atom. The topological polar surface area (TPSA) is 112 Å². The predicted octanol–water partition coefficient (Wildman–Crippen LogP) is -0.771. The van der Waals surface area contributed by atoms with Crippen molar-refractivity contribution in [1.82, 2.24) is 9.97 Å². The summed E-state index contributed by atoms with van der Waals surface area (Å²) < 4.78 is 22.6. The second kappa shape index (κ2) is 3.50. The van der Waals surface area contributed by atoms with E-state index < -0.39 is 9.84 Å². The van der Waals surface area contributed by atoms with Gasteiger partial charge in [0.05, 0.1) is 12.2 Å². The van der Waals surface area contributed by atoms with E-state index in [1.54, 1.807) is 6.92 Å². The maximum absolute atomic E-state index is 11.3. The highest BCUT2D eigenvalue weighted by Crippen LogP contribution is 2.18. The zero-order valence-corrected chi connectivity index (χ0v) is 8.80. The van der Waals surface area contributed by atoms with Gasteiger partial charge in [-0.05, 0) is 6.92 Å². The highest BCUT2D eigenvalue weighted by atomic mass is 32.2. The summed E-state index contributed by atoms with van der Waals surface area (Å²) in [6, 6.07) is 0. The summed E-state index contributed by atoms with van der Waals surface area (Å²) in [6.45, 7) is 1.70. The van der Waals surface area contributed by atoms with Crippen molar-refractivity contribution in [2.24, 2.45) is 5.73 Å². The van der Waals surface area contributed by atoms with Crippen LogP contribution in [0.2, 0.25) is 0 Å². The molecule has 14 heavy (non-hydrogen) atoms. The van der Waals surface area contributed by atoms with Crippen LogP contribution in [0.25, 0.3) is 0 Å². The summed E-state index contributed by atoms with van der Waals surface area (Å²) >= 11 is 0. The standard InChI is InChI=1S/C7H12N4O2S/c1-4-6(14(2,12)13)7(9)11-5(3-8)10-4/h3,8H2,1-2H3,(H2,9,10,11). The third-order valence-electron chi connectivity index (χ3n) is 1.66. The van der Waals surface area contributed by atoms with E-state index in [1.807, 2.05) is 0 Å². The van der Waals surface area contributed by atoms with Crippen molar-refractivity contribution >= 4 is 15.7 Å². The van der Waals surface area contributed by atoms with E-state index >= 15 is 0 Å². The zero-order valence-electron chi connectivity index (χ0n) is 7.98. The van der Waals surface area contributed by atoms with E-state index in [0.29, 0.717) is 11.5 Å². The molecule has 0 atom stereocenters. The predicted molar refractivity (Wildman–Crippen MR) is 52.2 cm³/mol. The summed E-state index contributed by atoms with van der Waals surface area (Å²) in [5.74, 6) is 0.299. The smallest absolute Gasteiger partial charge is 0.180 e. The van der Waals surface area contributed by atoms with Gasteiger partial charge in [0.25, 0.3) is 0 Å². The lowest BCUT2D eigenvalue weighted by molar-refractivity contribution is 0.600. The van der Waals surface area contributed by atoms with Gasteiger partial charge in [0.2, 0.25) is 0 Å². The number of rotatable bonds is 2. The molecule has 0 aromatic carbocycles. The number of hydrogen-bond acceptors (Lipinski definition) is 6. The molecular formula is C7H12N4O2S. The minimum atomic E-state index is -3.38. The molecular weight excluding hydrogens is 204 g/mol. The average Bonchev–Trinajstić information content (AvgIpc) is 1.99. The van der Waals surface area contributed by atoms with Crippen molar-refractivity contribution in [3.8, 4) is 0 Å². The van der Waals surface area contributed by atoms with E-state index in [-0.39, 0.29) is 17.3 Å². The monoisotopic (exact) mass is 216 g/mol. The van der Waals surface area contributed by atoms with Crippen molar-refractivity contribution < 1.29 is 8.42 Å². The Morgan fingerprint density at radius 3 is 2.29 bits per heavy atom. The first-order valence-electron chi connectivity index (χ1n) is 3.89. The first kappa shape index (κ1) is 10.9. The van der Waals surface area contributed by atoms with Crippen molar-refractivity contribution in [2.75, 3.05) is 12.0 Å². The molecule has 4 N–H and O–H groups in total. The van der Waals surface area contributed by atoms with Gasteiger partial charge in [0.15, 0.2) is 9.84 Å². The number of aromatic nitrogens is 2. The maximum Gasteiger partial charge on any atom is 0.180 e.